The third kappa shape index (κ3) is 3.03. The summed E-state index contributed by atoms with van der Waals surface area (Å²) < 4.78 is 5.51. The van der Waals surface area contributed by atoms with Gasteiger partial charge >= 0.3 is 0 Å². The molecule has 0 radical (unpaired) electrons. The lowest BCUT2D eigenvalue weighted by atomic mass is 10.1. The molecular formula is C14H15N3O3S. The van der Waals surface area contributed by atoms with Crippen molar-refractivity contribution in [3.05, 3.63) is 36.1 Å². The number of anilines is 1. The highest BCUT2D eigenvalue weighted by Gasteiger charge is 2.32. The second-order valence-corrected chi connectivity index (χ2v) is 4.98. The van der Waals surface area contributed by atoms with Gasteiger partial charge in [0.1, 0.15) is 11.3 Å². The van der Waals surface area contributed by atoms with Gasteiger partial charge in [0.05, 0.1) is 0 Å². The Kier molecular flexibility index (Phi) is 4.23. The molecule has 0 bridgehead atoms. The Labute approximate surface area is 127 Å². The molecule has 0 aliphatic carbocycles. The van der Waals surface area contributed by atoms with Crippen LogP contribution in [0.25, 0.3) is 6.08 Å². The molecule has 0 atom stereocenters. The lowest BCUT2D eigenvalue weighted by molar-refractivity contribution is -0.128. The molecule has 0 spiro atoms. The van der Waals surface area contributed by atoms with E-state index in [0.717, 1.165) is 0 Å². The van der Waals surface area contributed by atoms with E-state index < -0.39 is 11.8 Å². The van der Waals surface area contributed by atoms with Crippen molar-refractivity contribution in [2.75, 3.05) is 25.5 Å². The van der Waals surface area contributed by atoms with Crippen molar-refractivity contribution < 1.29 is 14.0 Å². The molecule has 7 heteroatoms. The van der Waals surface area contributed by atoms with Gasteiger partial charge in [0.25, 0.3) is 11.8 Å². The molecule has 2 amide bonds. The predicted octanol–water partition coefficient (Wildman–Crippen LogP) is 1.16. The van der Waals surface area contributed by atoms with Crippen LogP contribution in [-0.4, -0.2) is 42.5 Å². The highest BCUT2D eigenvalue weighted by atomic mass is 32.1. The summed E-state index contributed by atoms with van der Waals surface area (Å²) >= 11 is 4.97. The maximum atomic E-state index is 12.3. The van der Waals surface area contributed by atoms with E-state index in [-0.39, 0.29) is 17.2 Å². The number of hydrogen-bond acceptors (Lipinski definition) is 5. The van der Waals surface area contributed by atoms with E-state index >= 15 is 0 Å². The number of carbonyl (C=O) groups excluding carboxylic acids is 2. The molecule has 0 aromatic carbocycles. The van der Waals surface area contributed by atoms with Crippen LogP contribution in [0.3, 0.4) is 0 Å². The van der Waals surface area contributed by atoms with Crippen molar-refractivity contribution in [1.82, 2.24) is 10.2 Å². The molecule has 21 heavy (non-hydrogen) atoms. The van der Waals surface area contributed by atoms with Crippen LogP contribution in [0.5, 0.6) is 0 Å². The zero-order valence-electron chi connectivity index (χ0n) is 11.8. The lowest BCUT2D eigenvalue weighted by Gasteiger charge is -2.27. The van der Waals surface area contributed by atoms with Crippen LogP contribution in [0.1, 0.15) is 5.76 Å². The summed E-state index contributed by atoms with van der Waals surface area (Å²) in [5, 5.41) is 2.55. The number of amides is 2. The second kappa shape index (κ2) is 5.92. The van der Waals surface area contributed by atoms with E-state index in [2.05, 4.69) is 11.9 Å². The Morgan fingerprint density at radius 3 is 2.71 bits per heavy atom. The van der Waals surface area contributed by atoms with Crippen molar-refractivity contribution in [3.63, 3.8) is 0 Å². The van der Waals surface area contributed by atoms with Gasteiger partial charge in [0.15, 0.2) is 11.0 Å². The highest BCUT2D eigenvalue weighted by Crippen LogP contribution is 2.20. The maximum Gasteiger partial charge on any atom is 0.266 e. The number of thiocarbonyl (C=S) groups is 1. The molecule has 1 N–H and O–H groups in total. The molecule has 0 unspecified atom stereocenters. The third-order valence-corrected chi connectivity index (χ3v) is 3.16. The summed E-state index contributed by atoms with van der Waals surface area (Å²) in [5.74, 6) is 0.0483. The summed E-state index contributed by atoms with van der Waals surface area (Å²) in [6.45, 7) is 3.80. The molecule has 1 aliphatic rings. The normalized spacial score (nSPS) is 17.1. The summed E-state index contributed by atoms with van der Waals surface area (Å²) in [4.78, 5) is 27.3. The van der Waals surface area contributed by atoms with Gasteiger partial charge < -0.3 is 9.32 Å². The molecule has 1 aliphatic heterocycles. The fourth-order valence-electron chi connectivity index (χ4n) is 1.79. The van der Waals surface area contributed by atoms with Crippen LogP contribution < -0.4 is 10.2 Å². The lowest BCUT2D eigenvalue weighted by Crippen LogP contribution is -2.53. The van der Waals surface area contributed by atoms with E-state index in [9.17, 15) is 9.59 Å². The zero-order chi connectivity index (χ0) is 15.6. The first-order chi connectivity index (χ1) is 9.93. The number of rotatable bonds is 4. The Bertz CT molecular complexity index is 646. The van der Waals surface area contributed by atoms with E-state index in [1.54, 1.807) is 17.0 Å². The first-order valence-electron chi connectivity index (χ1n) is 6.21. The average molecular weight is 305 g/mol. The summed E-state index contributed by atoms with van der Waals surface area (Å²) in [6, 6.07) is 3.44. The predicted molar refractivity (Wildman–Crippen MR) is 83.7 cm³/mol. The molecule has 1 aromatic rings. The number of nitrogens with one attached hydrogen (secondary N) is 1. The Balaban J connectivity index is 2.33. The molecule has 110 valence electrons. The Hall–Kier alpha value is -2.41. The van der Waals surface area contributed by atoms with Gasteiger partial charge in [-0.05, 0) is 24.4 Å². The van der Waals surface area contributed by atoms with Gasteiger partial charge in [-0.3, -0.25) is 19.8 Å². The molecule has 2 heterocycles. The van der Waals surface area contributed by atoms with Gasteiger partial charge in [-0.15, -0.1) is 6.58 Å². The van der Waals surface area contributed by atoms with E-state index in [1.165, 1.54) is 17.1 Å². The number of hydrogen-bond donors (Lipinski definition) is 1. The van der Waals surface area contributed by atoms with Gasteiger partial charge in [0, 0.05) is 26.7 Å². The summed E-state index contributed by atoms with van der Waals surface area (Å²) in [5.41, 5.74) is -0.0230. The molecule has 0 saturated carbocycles. The van der Waals surface area contributed by atoms with E-state index in [1.807, 2.05) is 14.1 Å². The third-order valence-electron chi connectivity index (χ3n) is 2.84. The van der Waals surface area contributed by atoms with E-state index in [4.69, 9.17) is 16.6 Å². The standard InChI is InChI=1S/C14H15N3O3S/c1-4-7-17-13(19)10(12(18)15-14(17)21)8-9-5-6-11(20-9)16(2)3/h4-6,8H,1,7H2,2-3H3,(H,15,18,21). The largest absolute Gasteiger partial charge is 0.441 e. The van der Waals surface area contributed by atoms with Gasteiger partial charge in [0.2, 0.25) is 0 Å². The van der Waals surface area contributed by atoms with Crippen molar-refractivity contribution >= 4 is 41.1 Å². The highest BCUT2D eigenvalue weighted by molar-refractivity contribution is 7.80. The van der Waals surface area contributed by atoms with Crippen molar-refractivity contribution in [2.24, 2.45) is 0 Å². The Morgan fingerprint density at radius 2 is 2.14 bits per heavy atom. The van der Waals surface area contributed by atoms with Crippen LogP contribution in [0.4, 0.5) is 5.88 Å². The Morgan fingerprint density at radius 1 is 1.43 bits per heavy atom. The maximum absolute atomic E-state index is 12.3. The molecular weight excluding hydrogens is 290 g/mol. The second-order valence-electron chi connectivity index (χ2n) is 4.59. The SMILES string of the molecule is C=CCN1C(=O)C(=Cc2ccc(N(C)C)o2)C(=O)NC1=S. The van der Waals surface area contributed by atoms with Gasteiger partial charge in [-0.1, -0.05) is 6.08 Å². The van der Waals surface area contributed by atoms with Gasteiger partial charge in [-0.25, -0.2) is 0 Å². The monoisotopic (exact) mass is 305 g/mol. The molecule has 6 nitrogen and oxygen atoms in total. The quantitative estimate of drug-likeness (QED) is 0.391. The average Bonchev–Trinajstić information content (AvgIpc) is 2.88. The topological polar surface area (TPSA) is 65.8 Å². The van der Waals surface area contributed by atoms with Crippen LogP contribution in [0.2, 0.25) is 0 Å². The minimum absolute atomic E-state index is 0.0230. The fourth-order valence-corrected chi connectivity index (χ4v) is 2.04. The summed E-state index contributed by atoms with van der Waals surface area (Å²) in [6.07, 6.45) is 2.94. The first kappa shape index (κ1) is 15.0. The number of furan rings is 1. The van der Waals surface area contributed by atoms with Gasteiger partial charge in [-0.2, -0.15) is 0 Å². The molecule has 1 saturated heterocycles. The minimum atomic E-state index is -0.534. The number of nitrogens with zero attached hydrogens (tertiary/aromatic N) is 2. The first-order valence-corrected chi connectivity index (χ1v) is 6.61. The van der Waals surface area contributed by atoms with Crippen molar-refractivity contribution in [3.8, 4) is 0 Å². The van der Waals surface area contributed by atoms with E-state index in [0.29, 0.717) is 11.6 Å². The smallest absolute Gasteiger partial charge is 0.266 e. The van der Waals surface area contributed by atoms with Crippen molar-refractivity contribution in [2.45, 2.75) is 0 Å². The summed E-state index contributed by atoms with van der Waals surface area (Å²) in [7, 11) is 3.66. The fraction of sp³-hybridized carbons (Fsp3) is 0.214. The van der Waals surface area contributed by atoms with Crippen LogP contribution in [0.15, 0.2) is 34.8 Å². The molecule has 1 fully saturated rings. The van der Waals surface area contributed by atoms with Crippen LogP contribution in [0, 0.1) is 0 Å². The van der Waals surface area contributed by atoms with Crippen LogP contribution >= 0.6 is 12.2 Å². The van der Waals surface area contributed by atoms with Crippen LogP contribution in [-0.2, 0) is 9.59 Å². The number of carbonyl (C=O) groups is 2. The minimum Gasteiger partial charge on any atom is -0.441 e. The molecule has 2 rings (SSSR count). The zero-order valence-corrected chi connectivity index (χ0v) is 12.6. The van der Waals surface area contributed by atoms with Crippen molar-refractivity contribution in [1.29, 1.82) is 0 Å². The molecule has 1 aromatic heterocycles.